The monoisotopic (exact) mass is 320 g/mol. The van der Waals surface area contributed by atoms with E-state index in [0.29, 0.717) is 5.56 Å². The molecule has 2 N–H and O–H groups in total. The first-order chi connectivity index (χ1) is 11.2. The number of rotatable bonds is 3. The lowest BCUT2D eigenvalue weighted by molar-refractivity contribution is -0.122. The van der Waals surface area contributed by atoms with Crippen molar-refractivity contribution >= 4 is 12.4 Å². The second-order valence-electron chi connectivity index (χ2n) is 5.08. The highest BCUT2D eigenvalue weighted by molar-refractivity contribution is 5.93. The maximum Gasteiger partial charge on any atom is 0.290 e. The number of carboxylic acid groups (broad SMARTS) is 1. The second-order valence-corrected chi connectivity index (χ2v) is 5.08. The average molecular weight is 320 g/mol. The zero-order chi connectivity index (χ0) is 16.5. The zero-order valence-electron chi connectivity index (χ0n) is 12.7. The number of aromatic amines is 1. The van der Waals surface area contributed by atoms with Crippen molar-refractivity contribution in [1.82, 2.24) is 19.8 Å². The molecule has 1 saturated heterocycles. The summed E-state index contributed by atoms with van der Waals surface area (Å²) in [5.74, 6) is 1.03. The Bertz CT molecular complexity index is 583. The van der Waals surface area contributed by atoms with Gasteiger partial charge in [0, 0.05) is 38.6 Å². The Morgan fingerprint density at radius 3 is 2.87 bits per heavy atom. The smallest absolute Gasteiger partial charge is 0.290 e. The van der Waals surface area contributed by atoms with E-state index in [9.17, 15) is 4.79 Å². The van der Waals surface area contributed by atoms with Crippen molar-refractivity contribution in [3.05, 3.63) is 42.4 Å². The molecule has 124 valence electrons. The van der Waals surface area contributed by atoms with Gasteiger partial charge >= 0.3 is 0 Å². The molecule has 1 aliphatic rings. The third-order valence-electron chi connectivity index (χ3n) is 3.57. The normalized spacial score (nSPS) is 15.4. The summed E-state index contributed by atoms with van der Waals surface area (Å²) in [7, 11) is 0. The molecule has 1 amide bonds. The number of hydrogen-bond donors (Lipinski definition) is 2. The molecule has 0 bridgehead atoms. The molecule has 0 aliphatic carbocycles. The van der Waals surface area contributed by atoms with Gasteiger partial charge in [-0.25, -0.2) is 4.98 Å². The number of aromatic nitrogens is 2. The van der Waals surface area contributed by atoms with Gasteiger partial charge in [0.1, 0.15) is 12.1 Å². The SMILES string of the molecule is O=C(c1ccoc1)N1CCCN(Cc2ncc[nH]2)CC1.O=CO. The minimum atomic E-state index is -0.250. The number of nitrogens with one attached hydrogen (secondary N) is 1. The quantitative estimate of drug-likeness (QED) is 0.820. The lowest BCUT2D eigenvalue weighted by atomic mass is 10.3. The van der Waals surface area contributed by atoms with Gasteiger partial charge in [-0.3, -0.25) is 14.5 Å². The van der Waals surface area contributed by atoms with Gasteiger partial charge in [0.05, 0.1) is 18.4 Å². The minimum absolute atomic E-state index is 0.0543. The summed E-state index contributed by atoms with van der Waals surface area (Å²) in [6.45, 7) is 3.93. The van der Waals surface area contributed by atoms with Gasteiger partial charge in [0.2, 0.25) is 0 Å². The van der Waals surface area contributed by atoms with Crippen LogP contribution in [0.2, 0.25) is 0 Å². The Labute approximate surface area is 133 Å². The van der Waals surface area contributed by atoms with Crippen LogP contribution in [-0.4, -0.2) is 63.4 Å². The first kappa shape index (κ1) is 16.8. The Kier molecular flexibility index (Phi) is 6.37. The highest BCUT2D eigenvalue weighted by Gasteiger charge is 2.21. The molecule has 0 aromatic carbocycles. The highest BCUT2D eigenvalue weighted by Crippen LogP contribution is 2.11. The van der Waals surface area contributed by atoms with Crippen LogP contribution < -0.4 is 0 Å². The topological polar surface area (TPSA) is 103 Å². The predicted octanol–water partition coefficient (Wildman–Crippen LogP) is 1.05. The van der Waals surface area contributed by atoms with Crippen LogP contribution in [0.4, 0.5) is 0 Å². The van der Waals surface area contributed by atoms with Gasteiger partial charge in [0.25, 0.3) is 12.4 Å². The molecule has 0 saturated carbocycles. The summed E-state index contributed by atoms with van der Waals surface area (Å²) in [5.41, 5.74) is 0.629. The van der Waals surface area contributed by atoms with Crippen molar-refractivity contribution in [3.8, 4) is 0 Å². The van der Waals surface area contributed by atoms with E-state index in [-0.39, 0.29) is 12.4 Å². The molecule has 23 heavy (non-hydrogen) atoms. The Hall–Kier alpha value is -2.61. The fourth-order valence-electron chi connectivity index (χ4n) is 2.50. The highest BCUT2D eigenvalue weighted by atomic mass is 16.3. The number of nitrogens with zero attached hydrogens (tertiary/aromatic N) is 3. The van der Waals surface area contributed by atoms with E-state index in [1.54, 1.807) is 12.3 Å². The molecular weight excluding hydrogens is 300 g/mol. The van der Waals surface area contributed by atoms with Gasteiger partial charge in [0.15, 0.2) is 0 Å². The summed E-state index contributed by atoms with van der Waals surface area (Å²) in [6.07, 6.45) is 7.62. The van der Waals surface area contributed by atoms with E-state index in [0.717, 1.165) is 45.0 Å². The number of H-pyrrole nitrogens is 1. The van der Waals surface area contributed by atoms with Crippen LogP contribution in [0, 0.1) is 0 Å². The predicted molar refractivity (Wildman–Crippen MR) is 81.8 cm³/mol. The minimum Gasteiger partial charge on any atom is -0.483 e. The van der Waals surface area contributed by atoms with Crippen LogP contribution in [0.15, 0.2) is 35.4 Å². The number of imidazole rings is 1. The summed E-state index contributed by atoms with van der Waals surface area (Å²) >= 11 is 0. The number of carbonyl (C=O) groups is 2. The van der Waals surface area contributed by atoms with Crippen molar-refractivity contribution in [2.24, 2.45) is 0 Å². The molecule has 3 heterocycles. The zero-order valence-corrected chi connectivity index (χ0v) is 12.7. The van der Waals surface area contributed by atoms with Crippen LogP contribution in [0.5, 0.6) is 0 Å². The molecule has 0 unspecified atom stereocenters. The van der Waals surface area contributed by atoms with Crippen LogP contribution in [0.3, 0.4) is 0 Å². The summed E-state index contributed by atoms with van der Waals surface area (Å²) < 4.78 is 4.98. The van der Waals surface area contributed by atoms with E-state index in [2.05, 4.69) is 14.9 Å². The van der Waals surface area contributed by atoms with Gasteiger partial charge in [-0.2, -0.15) is 0 Å². The molecule has 2 aromatic heterocycles. The van der Waals surface area contributed by atoms with E-state index in [1.165, 1.54) is 12.5 Å². The molecule has 1 aliphatic heterocycles. The van der Waals surface area contributed by atoms with Crippen molar-refractivity contribution in [3.63, 3.8) is 0 Å². The van der Waals surface area contributed by atoms with Crippen molar-refractivity contribution < 1.29 is 19.1 Å². The molecule has 3 rings (SSSR count). The maximum absolute atomic E-state index is 12.3. The first-order valence-corrected chi connectivity index (χ1v) is 7.34. The molecule has 8 nitrogen and oxygen atoms in total. The fraction of sp³-hybridized carbons (Fsp3) is 0.400. The number of hydrogen-bond acceptors (Lipinski definition) is 5. The van der Waals surface area contributed by atoms with Crippen molar-refractivity contribution in [2.45, 2.75) is 13.0 Å². The van der Waals surface area contributed by atoms with Crippen molar-refractivity contribution in [2.75, 3.05) is 26.2 Å². The van der Waals surface area contributed by atoms with E-state index >= 15 is 0 Å². The third kappa shape index (κ3) is 4.96. The van der Waals surface area contributed by atoms with Crippen molar-refractivity contribution in [1.29, 1.82) is 0 Å². The summed E-state index contributed by atoms with van der Waals surface area (Å²) in [5, 5.41) is 6.89. The Balaban J connectivity index is 0.000000595. The fourth-order valence-corrected chi connectivity index (χ4v) is 2.50. The molecule has 8 heteroatoms. The first-order valence-electron chi connectivity index (χ1n) is 7.34. The van der Waals surface area contributed by atoms with Gasteiger partial charge in [-0.15, -0.1) is 0 Å². The Morgan fingerprint density at radius 2 is 2.22 bits per heavy atom. The van der Waals surface area contributed by atoms with Crippen LogP contribution >= 0.6 is 0 Å². The third-order valence-corrected chi connectivity index (χ3v) is 3.57. The van der Waals surface area contributed by atoms with E-state index in [4.69, 9.17) is 14.3 Å². The number of amides is 1. The molecule has 1 fully saturated rings. The largest absolute Gasteiger partial charge is 0.483 e. The number of carbonyl (C=O) groups excluding carboxylic acids is 1. The van der Waals surface area contributed by atoms with Gasteiger partial charge in [-0.1, -0.05) is 0 Å². The summed E-state index contributed by atoms with van der Waals surface area (Å²) in [4.78, 5) is 32.2. The molecular formula is C15H20N4O4. The molecule has 0 atom stereocenters. The van der Waals surface area contributed by atoms with Crippen LogP contribution in [0.25, 0.3) is 0 Å². The van der Waals surface area contributed by atoms with Crippen LogP contribution in [0.1, 0.15) is 22.6 Å². The maximum atomic E-state index is 12.3. The van der Waals surface area contributed by atoms with Gasteiger partial charge in [-0.05, 0) is 12.5 Å². The molecule has 2 aromatic rings. The summed E-state index contributed by atoms with van der Waals surface area (Å²) in [6, 6.07) is 1.72. The van der Waals surface area contributed by atoms with Gasteiger partial charge < -0.3 is 19.4 Å². The standard InChI is InChI=1S/C14H18N4O2.CH2O2/c19-14(12-2-9-20-11-12)18-6-1-5-17(7-8-18)10-13-15-3-4-16-13;2-1-3/h2-4,9,11H,1,5-8,10H2,(H,15,16);1H,(H,2,3). The molecule has 0 spiro atoms. The molecule has 0 radical (unpaired) electrons. The van der Waals surface area contributed by atoms with Crippen LogP contribution in [-0.2, 0) is 11.3 Å². The average Bonchev–Trinajstić information content (AvgIpc) is 3.19. The lowest BCUT2D eigenvalue weighted by Gasteiger charge is -2.21. The second kappa shape index (κ2) is 8.74. The lowest BCUT2D eigenvalue weighted by Crippen LogP contribution is -2.35. The Morgan fingerprint density at radius 1 is 1.39 bits per heavy atom. The van der Waals surface area contributed by atoms with E-state index in [1.807, 2.05) is 11.1 Å². The number of furan rings is 1. The van der Waals surface area contributed by atoms with E-state index < -0.39 is 0 Å².